The number of methoxy groups -OCH3 is 1. The van der Waals surface area contributed by atoms with E-state index < -0.39 is 0 Å². The van der Waals surface area contributed by atoms with E-state index in [1.807, 2.05) is 31.2 Å². The first-order valence-corrected chi connectivity index (χ1v) is 6.67. The summed E-state index contributed by atoms with van der Waals surface area (Å²) in [6, 6.07) is 7.70. The third kappa shape index (κ3) is 3.91. The van der Waals surface area contributed by atoms with Gasteiger partial charge in [-0.1, -0.05) is 24.2 Å². The maximum Gasteiger partial charge on any atom is 0.234 e. The van der Waals surface area contributed by atoms with Gasteiger partial charge in [-0.15, -0.1) is 0 Å². The van der Waals surface area contributed by atoms with Crippen LogP contribution >= 0.6 is 0 Å². The summed E-state index contributed by atoms with van der Waals surface area (Å²) >= 11 is 0. The van der Waals surface area contributed by atoms with Gasteiger partial charge in [0.15, 0.2) is 5.82 Å². The molecule has 1 aromatic carbocycles. The molecular weight excluding hydrogens is 256 g/mol. The average molecular weight is 274 g/mol. The molecule has 0 amide bonds. The van der Waals surface area contributed by atoms with Gasteiger partial charge in [-0.3, -0.25) is 4.79 Å². The molecule has 1 heterocycles. The number of hydrogen-bond donors (Lipinski definition) is 0. The summed E-state index contributed by atoms with van der Waals surface area (Å²) < 4.78 is 10.3. The van der Waals surface area contributed by atoms with Crippen molar-refractivity contribution in [3.63, 3.8) is 0 Å². The van der Waals surface area contributed by atoms with Crippen molar-refractivity contribution >= 4 is 5.78 Å². The topological polar surface area (TPSA) is 65.2 Å². The maximum absolute atomic E-state index is 11.5. The van der Waals surface area contributed by atoms with Crippen molar-refractivity contribution in [1.82, 2.24) is 10.1 Å². The molecule has 0 aliphatic heterocycles. The lowest BCUT2D eigenvalue weighted by Gasteiger charge is -2.01. The number of aromatic nitrogens is 2. The Kier molecular flexibility index (Phi) is 4.87. The minimum Gasteiger partial charge on any atom is -0.497 e. The lowest BCUT2D eigenvalue weighted by Crippen LogP contribution is -2.02. The molecule has 0 bridgehead atoms. The van der Waals surface area contributed by atoms with Crippen LogP contribution in [0.3, 0.4) is 0 Å². The van der Waals surface area contributed by atoms with Gasteiger partial charge in [0, 0.05) is 12.8 Å². The van der Waals surface area contributed by atoms with Crippen LogP contribution in [0.4, 0.5) is 0 Å². The summed E-state index contributed by atoms with van der Waals surface area (Å²) in [5, 5.41) is 3.90. The predicted molar refractivity (Wildman–Crippen MR) is 73.7 cm³/mol. The highest BCUT2D eigenvalue weighted by Crippen LogP contribution is 2.15. The van der Waals surface area contributed by atoms with E-state index >= 15 is 0 Å². The van der Waals surface area contributed by atoms with Gasteiger partial charge in [-0.05, 0) is 24.1 Å². The molecule has 0 atom stereocenters. The predicted octanol–water partition coefficient (Wildman–Crippen LogP) is 2.58. The number of nitrogens with zero attached hydrogens (tertiary/aromatic N) is 2. The molecule has 0 aliphatic carbocycles. The van der Waals surface area contributed by atoms with Crippen LogP contribution in [-0.2, 0) is 17.6 Å². The summed E-state index contributed by atoms with van der Waals surface area (Å²) in [6.07, 6.45) is 2.17. The highest BCUT2D eigenvalue weighted by molar-refractivity contribution is 5.79. The van der Waals surface area contributed by atoms with Gasteiger partial charge in [0.05, 0.1) is 13.5 Å². The van der Waals surface area contributed by atoms with Crippen molar-refractivity contribution in [2.45, 2.75) is 32.6 Å². The second-order valence-corrected chi connectivity index (χ2v) is 4.60. The SMILES string of the molecule is CCCC(=O)Cc1nc(Cc2cccc(OC)c2)no1. The summed E-state index contributed by atoms with van der Waals surface area (Å²) in [5.41, 5.74) is 1.04. The fraction of sp³-hybridized carbons (Fsp3) is 0.400. The van der Waals surface area contributed by atoms with Crippen LogP contribution in [0.2, 0.25) is 0 Å². The molecule has 20 heavy (non-hydrogen) atoms. The zero-order valence-corrected chi connectivity index (χ0v) is 11.8. The number of benzene rings is 1. The van der Waals surface area contributed by atoms with Gasteiger partial charge in [0.25, 0.3) is 0 Å². The van der Waals surface area contributed by atoms with Crippen molar-refractivity contribution in [2.24, 2.45) is 0 Å². The average Bonchev–Trinajstić information content (AvgIpc) is 2.86. The van der Waals surface area contributed by atoms with Crippen molar-refractivity contribution < 1.29 is 14.1 Å². The molecule has 0 aliphatic rings. The minimum absolute atomic E-state index is 0.129. The van der Waals surface area contributed by atoms with Gasteiger partial charge in [0.2, 0.25) is 5.89 Å². The normalized spacial score (nSPS) is 10.5. The molecule has 0 radical (unpaired) electrons. The number of carbonyl (C=O) groups is 1. The Bertz CT molecular complexity index is 578. The van der Waals surface area contributed by atoms with Crippen LogP contribution in [0.25, 0.3) is 0 Å². The number of rotatable bonds is 7. The van der Waals surface area contributed by atoms with E-state index in [1.54, 1.807) is 7.11 Å². The summed E-state index contributed by atoms with van der Waals surface area (Å²) in [5.74, 6) is 1.90. The van der Waals surface area contributed by atoms with Gasteiger partial charge < -0.3 is 9.26 Å². The molecule has 5 heteroatoms. The van der Waals surface area contributed by atoms with E-state index in [2.05, 4.69) is 10.1 Å². The number of ether oxygens (including phenoxy) is 1. The lowest BCUT2D eigenvalue weighted by atomic mass is 10.1. The Labute approximate surface area is 118 Å². The number of Topliss-reactive ketones (excluding diaryl/α,β-unsaturated/α-hetero) is 1. The Morgan fingerprint density at radius 2 is 2.25 bits per heavy atom. The Hall–Kier alpha value is -2.17. The Morgan fingerprint density at radius 3 is 3.00 bits per heavy atom. The first-order valence-electron chi connectivity index (χ1n) is 6.67. The van der Waals surface area contributed by atoms with Crippen LogP contribution in [-0.4, -0.2) is 23.0 Å². The number of hydrogen-bond acceptors (Lipinski definition) is 5. The highest BCUT2D eigenvalue weighted by atomic mass is 16.5. The molecule has 2 rings (SSSR count). The molecule has 5 nitrogen and oxygen atoms in total. The van der Waals surface area contributed by atoms with Gasteiger partial charge in [0.1, 0.15) is 11.5 Å². The Morgan fingerprint density at radius 1 is 1.40 bits per heavy atom. The quantitative estimate of drug-likeness (QED) is 0.776. The third-order valence-corrected chi connectivity index (χ3v) is 2.88. The zero-order valence-electron chi connectivity index (χ0n) is 11.8. The van der Waals surface area contributed by atoms with Crippen LogP contribution in [0.15, 0.2) is 28.8 Å². The minimum atomic E-state index is 0.129. The summed E-state index contributed by atoms with van der Waals surface area (Å²) in [7, 11) is 1.63. The molecule has 0 spiro atoms. The third-order valence-electron chi connectivity index (χ3n) is 2.88. The number of carbonyl (C=O) groups excluding carboxylic acids is 1. The molecule has 2 aromatic rings. The molecule has 0 saturated carbocycles. The van der Waals surface area contributed by atoms with Crippen molar-refractivity contribution in [3.8, 4) is 5.75 Å². The van der Waals surface area contributed by atoms with E-state index in [1.165, 1.54) is 0 Å². The van der Waals surface area contributed by atoms with E-state index in [0.717, 1.165) is 17.7 Å². The van der Waals surface area contributed by atoms with Crippen LogP contribution in [0, 0.1) is 0 Å². The molecule has 106 valence electrons. The number of ketones is 1. The van der Waals surface area contributed by atoms with Crippen molar-refractivity contribution in [1.29, 1.82) is 0 Å². The van der Waals surface area contributed by atoms with E-state index in [9.17, 15) is 4.79 Å². The second kappa shape index (κ2) is 6.84. The fourth-order valence-corrected chi connectivity index (χ4v) is 1.93. The molecule has 1 aromatic heterocycles. The van der Waals surface area contributed by atoms with Crippen LogP contribution < -0.4 is 4.74 Å². The molecular formula is C15H18N2O3. The van der Waals surface area contributed by atoms with Gasteiger partial charge >= 0.3 is 0 Å². The standard InChI is InChI=1S/C15H18N2O3/c1-3-5-12(18)10-15-16-14(17-20-15)9-11-6-4-7-13(8-11)19-2/h4,6-8H,3,5,9-10H2,1-2H3. The van der Waals surface area contributed by atoms with Crippen LogP contribution in [0.1, 0.15) is 37.0 Å². The second-order valence-electron chi connectivity index (χ2n) is 4.60. The molecule has 0 unspecified atom stereocenters. The Balaban J connectivity index is 2.00. The van der Waals surface area contributed by atoms with E-state index in [4.69, 9.17) is 9.26 Å². The summed E-state index contributed by atoms with van der Waals surface area (Å²) in [4.78, 5) is 15.8. The summed E-state index contributed by atoms with van der Waals surface area (Å²) in [6.45, 7) is 1.97. The van der Waals surface area contributed by atoms with E-state index in [0.29, 0.717) is 24.6 Å². The first-order chi connectivity index (χ1) is 9.71. The lowest BCUT2D eigenvalue weighted by molar-refractivity contribution is -0.118. The smallest absolute Gasteiger partial charge is 0.234 e. The van der Waals surface area contributed by atoms with Crippen LogP contribution in [0.5, 0.6) is 5.75 Å². The van der Waals surface area contributed by atoms with Gasteiger partial charge in [-0.2, -0.15) is 4.98 Å². The molecule has 0 N–H and O–H groups in total. The fourth-order valence-electron chi connectivity index (χ4n) is 1.93. The highest BCUT2D eigenvalue weighted by Gasteiger charge is 2.11. The first kappa shape index (κ1) is 14.2. The van der Waals surface area contributed by atoms with E-state index in [-0.39, 0.29) is 12.2 Å². The maximum atomic E-state index is 11.5. The monoisotopic (exact) mass is 274 g/mol. The molecule has 0 fully saturated rings. The van der Waals surface area contributed by atoms with Crippen molar-refractivity contribution in [2.75, 3.05) is 7.11 Å². The van der Waals surface area contributed by atoms with Gasteiger partial charge in [-0.25, -0.2) is 0 Å². The molecule has 0 saturated heterocycles. The van der Waals surface area contributed by atoms with Crippen molar-refractivity contribution in [3.05, 3.63) is 41.5 Å². The largest absolute Gasteiger partial charge is 0.497 e. The zero-order chi connectivity index (χ0) is 14.4.